The fourth-order valence-corrected chi connectivity index (χ4v) is 2.11. The number of amides is 1. The third-order valence-electron chi connectivity index (χ3n) is 2.79. The Bertz CT molecular complexity index is 816. The molecule has 0 fully saturated rings. The van der Waals surface area contributed by atoms with Crippen molar-refractivity contribution in [1.82, 2.24) is 25.5 Å². The van der Waals surface area contributed by atoms with Gasteiger partial charge in [0.25, 0.3) is 5.91 Å². The van der Waals surface area contributed by atoms with E-state index in [-0.39, 0.29) is 12.3 Å². The fourth-order valence-electron chi connectivity index (χ4n) is 1.81. The van der Waals surface area contributed by atoms with Gasteiger partial charge >= 0.3 is 0 Å². The van der Waals surface area contributed by atoms with Gasteiger partial charge in [0.2, 0.25) is 0 Å². The van der Waals surface area contributed by atoms with Gasteiger partial charge in [0.1, 0.15) is 5.82 Å². The highest BCUT2D eigenvalue weighted by atomic mass is 79.9. The summed E-state index contributed by atoms with van der Waals surface area (Å²) in [4.78, 5) is 11.9. The molecule has 1 aromatic carbocycles. The van der Waals surface area contributed by atoms with E-state index >= 15 is 0 Å². The zero-order valence-corrected chi connectivity index (χ0v) is 12.6. The molecule has 2 heterocycles. The van der Waals surface area contributed by atoms with Crippen LogP contribution in [0.3, 0.4) is 0 Å². The van der Waals surface area contributed by atoms with Gasteiger partial charge in [-0.15, -0.1) is 5.10 Å². The van der Waals surface area contributed by atoms with Crippen LogP contribution in [-0.4, -0.2) is 26.1 Å². The summed E-state index contributed by atoms with van der Waals surface area (Å²) in [7, 11) is 0. The number of benzene rings is 1. The van der Waals surface area contributed by atoms with E-state index in [0.29, 0.717) is 16.2 Å². The molecule has 0 bridgehead atoms. The van der Waals surface area contributed by atoms with Gasteiger partial charge < -0.3 is 9.73 Å². The van der Waals surface area contributed by atoms with E-state index < -0.39 is 11.7 Å². The average molecular weight is 366 g/mol. The zero-order chi connectivity index (χ0) is 15.5. The number of rotatable bonds is 4. The van der Waals surface area contributed by atoms with Crippen LogP contribution in [0.4, 0.5) is 4.39 Å². The van der Waals surface area contributed by atoms with E-state index in [2.05, 4.69) is 36.8 Å². The first-order valence-corrected chi connectivity index (χ1v) is 6.99. The van der Waals surface area contributed by atoms with Crippen molar-refractivity contribution in [2.45, 2.75) is 6.54 Å². The topological polar surface area (TPSA) is 85.8 Å². The first-order valence-electron chi connectivity index (χ1n) is 6.20. The van der Waals surface area contributed by atoms with Gasteiger partial charge in [0, 0.05) is 0 Å². The Morgan fingerprint density at radius 3 is 2.95 bits per heavy atom. The van der Waals surface area contributed by atoms with Crippen LogP contribution in [0.1, 0.15) is 16.4 Å². The molecule has 0 spiro atoms. The maximum atomic E-state index is 13.3. The Balaban J connectivity index is 1.74. The molecule has 1 N–H and O–H groups in total. The number of tetrazole rings is 1. The van der Waals surface area contributed by atoms with Crippen molar-refractivity contribution >= 4 is 21.8 Å². The highest BCUT2D eigenvalue weighted by Crippen LogP contribution is 2.14. The lowest BCUT2D eigenvalue weighted by molar-refractivity contribution is 0.0920. The summed E-state index contributed by atoms with van der Waals surface area (Å²) in [5, 5.41) is 13.8. The van der Waals surface area contributed by atoms with Crippen LogP contribution >= 0.6 is 15.9 Å². The van der Waals surface area contributed by atoms with E-state index in [9.17, 15) is 9.18 Å². The molecule has 0 saturated heterocycles. The number of furan rings is 1. The van der Waals surface area contributed by atoms with E-state index in [1.54, 1.807) is 18.2 Å². The monoisotopic (exact) mass is 365 g/mol. The molecule has 3 rings (SSSR count). The maximum Gasteiger partial charge on any atom is 0.287 e. The zero-order valence-electron chi connectivity index (χ0n) is 11.0. The third-order valence-corrected chi connectivity index (χ3v) is 3.22. The third kappa shape index (κ3) is 3.03. The SMILES string of the molecule is O=C(NCc1nnnn1-c1cccc(F)c1)c1ccc(Br)o1. The first kappa shape index (κ1) is 14.4. The van der Waals surface area contributed by atoms with Crippen LogP contribution in [0.15, 0.2) is 45.5 Å². The van der Waals surface area contributed by atoms with Gasteiger partial charge in [-0.1, -0.05) is 6.07 Å². The van der Waals surface area contributed by atoms with Gasteiger partial charge in [0.15, 0.2) is 16.3 Å². The average Bonchev–Trinajstić information content (AvgIpc) is 3.13. The van der Waals surface area contributed by atoms with E-state index in [4.69, 9.17) is 4.42 Å². The van der Waals surface area contributed by atoms with E-state index in [1.165, 1.54) is 22.9 Å². The molecule has 7 nitrogen and oxygen atoms in total. The summed E-state index contributed by atoms with van der Waals surface area (Å²) in [6.45, 7) is 0.0701. The molecule has 3 aromatic rings. The van der Waals surface area contributed by atoms with Crippen molar-refractivity contribution in [3.05, 3.63) is 58.5 Å². The molecular formula is C13H9BrFN5O2. The minimum Gasteiger partial charge on any atom is -0.444 e. The van der Waals surface area contributed by atoms with Crippen LogP contribution in [0, 0.1) is 5.82 Å². The van der Waals surface area contributed by atoms with E-state index in [0.717, 1.165) is 0 Å². The molecule has 0 aliphatic heterocycles. The number of nitrogens with one attached hydrogen (secondary N) is 1. The molecule has 0 saturated carbocycles. The number of hydrogen-bond acceptors (Lipinski definition) is 5. The summed E-state index contributed by atoms with van der Waals surface area (Å²) < 4.78 is 20.2. The molecule has 1 amide bonds. The van der Waals surface area contributed by atoms with Gasteiger partial charge in [-0.3, -0.25) is 4.79 Å². The normalized spacial score (nSPS) is 10.6. The van der Waals surface area contributed by atoms with Gasteiger partial charge in [-0.05, 0) is 56.7 Å². The Labute approximate surface area is 132 Å². The van der Waals surface area contributed by atoms with Crippen molar-refractivity contribution in [3.63, 3.8) is 0 Å². The van der Waals surface area contributed by atoms with Crippen LogP contribution < -0.4 is 5.32 Å². The maximum absolute atomic E-state index is 13.3. The predicted octanol–water partition coefficient (Wildman–Crippen LogP) is 2.09. The molecule has 22 heavy (non-hydrogen) atoms. The molecule has 0 unspecified atom stereocenters. The molecular weight excluding hydrogens is 357 g/mol. The van der Waals surface area contributed by atoms with E-state index in [1.807, 2.05) is 0 Å². The predicted molar refractivity (Wildman–Crippen MR) is 76.7 cm³/mol. The highest BCUT2D eigenvalue weighted by Gasteiger charge is 2.13. The summed E-state index contributed by atoms with van der Waals surface area (Å²) in [6, 6.07) is 8.99. The first-order chi connectivity index (χ1) is 10.6. The number of halogens is 2. The number of hydrogen-bond donors (Lipinski definition) is 1. The highest BCUT2D eigenvalue weighted by molar-refractivity contribution is 9.10. The summed E-state index contributed by atoms with van der Waals surface area (Å²) in [6.07, 6.45) is 0. The van der Waals surface area contributed by atoms with Crippen molar-refractivity contribution < 1.29 is 13.6 Å². The lowest BCUT2D eigenvalue weighted by Gasteiger charge is -2.05. The smallest absolute Gasteiger partial charge is 0.287 e. The van der Waals surface area contributed by atoms with Crippen molar-refractivity contribution in [1.29, 1.82) is 0 Å². The van der Waals surface area contributed by atoms with Crippen LogP contribution in [0.5, 0.6) is 0 Å². The van der Waals surface area contributed by atoms with Crippen molar-refractivity contribution in [3.8, 4) is 5.69 Å². The Morgan fingerprint density at radius 1 is 1.36 bits per heavy atom. The molecule has 0 aliphatic carbocycles. The second kappa shape index (κ2) is 6.06. The Kier molecular flexibility index (Phi) is 3.96. The Morgan fingerprint density at radius 2 is 2.23 bits per heavy atom. The second-order valence-corrected chi connectivity index (χ2v) is 5.05. The van der Waals surface area contributed by atoms with Crippen molar-refractivity contribution in [2.75, 3.05) is 0 Å². The molecule has 9 heteroatoms. The largest absolute Gasteiger partial charge is 0.444 e. The van der Waals surface area contributed by atoms with Gasteiger partial charge in [0.05, 0.1) is 12.2 Å². The fraction of sp³-hybridized carbons (Fsp3) is 0.0769. The summed E-state index contributed by atoms with van der Waals surface area (Å²) in [5.41, 5.74) is 0.468. The second-order valence-electron chi connectivity index (χ2n) is 4.27. The molecule has 0 atom stereocenters. The number of carbonyl (C=O) groups excluding carboxylic acids is 1. The van der Waals surface area contributed by atoms with Gasteiger partial charge in [-0.25, -0.2) is 4.39 Å². The lowest BCUT2D eigenvalue weighted by Crippen LogP contribution is -2.24. The Hall–Kier alpha value is -2.55. The molecule has 0 radical (unpaired) electrons. The number of aromatic nitrogens is 4. The number of nitrogens with zero attached hydrogens (tertiary/aromatic N) is 4. The van der Waals surface area contributed by atoms with Crippen LogP contribution in [0.2, 0.25) is 0 Å². The molecule has 112 valence electrons. The molecule has 2 aromatic heterocycles. The lowest BCUT2D eigenvalue weighted by atomic mass is 10.3. The standard InChI is InChI=1S/C13H9BrFN5O2/c14-11-5-4-10(22-11)13(21)16-7-12-17-18-19-20(12)9-3-1-2-8(15)6-9/h1-6H,7H2,(H,16,21). The van der Waals surface area contributed by atoms with Crippen LogP contribution in [-0.2, 0) is 6.54 Å². The molecule has 0 aliphatic rings. The minimum atomic E-state index is -0.403. The van der Waals surface area contributed by atoms with Crippen LogP contribution in [0.25, 0.3) is 5.69 Å². The summed E-state index contributed by atoms with van der Waals surface area (Å²) in [5.74, 6) is -0.274. The quantitative estimate of drug-likeness (QED) is 0.764. The number of carbonyl (C=O) groups is 1. The van der Waals surface area contributed by atoms with Crippen molar-refractivity contribution in [2.24, 2.45) is 0 Å². The minimum absolute atomic E-state index is 0.0701. The van der Waals surface area contributed by atoms with Gasteiger partial charge in [-0.2, -0.15) is 4.68 Å². The summed E-state index contributed by atoms with van der Waals surface area (Å²) >= 11 is 3.12.